The Bertz CT molecular complexity index is 918. The van der Waals surface area contributed by atoms with Gasteiger partial charge < -0.3 is 16.0 Å². The Hall–Kier alpha value is -3.62. The molecule has 0 unspecified atom stereocenters. The molecule has 0 saturated carbocycles. The maximum atomic E-state index is 13.5. The van der Waals surface area contributed by atoms with Gasteiger partial charge in [-0.15, -0.1) is 10.2 Å². The quantitative estimate of drug-likeness (QED) is 0.550. The van der Waals surface area contributed by atoms with Crippen molar-refractivity contribution in [2.75, 3.05) is 23.7 Å². The number of hydrogen-bond acceptors (Lipinski definition) is 7. The molecule has 3 aromatic rings. The summed E-state index contributed by atoms with van der Waals surface area (Å²) >= 11 is 0. The lowest BCUT2D eigenvalue weighted by Crippen LogP contribution is -2.29. The minimum atomic E-state index is -0.653. The third-order valence-corrected chi connectivity index (χ3v) is 3.57. The number of amides is 1. The van der Waals surface area contributed by atoms with Gasteiger partial charge in [-0.3, -0.25) is 9.78 Å². The molecule has 138 valence electrons. The van der Waals surface area contributed by atoms with Gasteiger partial charge in [-0.2, -0.15) is 0 Å². The number of pyridine rings is 2. The topological polar surface area (TPSA) is 105 Å². The lowest BCUT2D eigenvalue weighted by atomic mass is 10.2. The molecule has 0 aliphatic carbocycles. The van der Waals surface area contributed by atoms with E-state index in [0.717, 1.165) is 11.8 Å². The van der Waals surface area contributed by atoms with Crippen LogP contribution in [0, 0.1) is 12.7 Å². The van der Waals surface area contributed by atoms with Gasteiger partial charge in [0.05, 0.1) is 11.8 Å². The molecule has 3 N–H and O–H groups in total. The number of hydrogen-bond donors (Lipinski definition) is 3. The van der Waals surface area contributed by atoms with Crippen LogP contribution in [-0.4, -0.2) is 39.2 Å². The molecule has 3 aromatic heterocycles. The molecule has 8 nitrogen and oxygen atoms in total. The molecule has 0 aromatic carbocycles. The average molecular weight is 367 g/mol. The van der Waals surface area contributed by atoms with E-state index in [1.54, 1.807) is 18.3 Å². The number of carbonyl (C=O) groups excluding carboxylic acids is 1. The van der Waals surface area contributed by atoms with Gasteiger partial charge >= 0.3 is 0 Å². The normalized spacial score (nSPS) is 10.3. The maximum absolute atomic E-state index is 13.5. The van der Waals surface area contributed by atoms with Gasteiger partial charge in [0, 0.05) is 25.5 Å². The predicted molar refractivity (Wildman–Crippen MR) is 99.3 cm³/mol. The van der Waals surface area contributed by atoms with E-state index in [9.17, 15) is 9.18 Å². The van der Waals surface area contributed by atoms with Crippen LogP contribution in [0.2, 0.25) is 0 Å². The zero-order valence-corrected chi connectivity index (χ0v) is 14.6. The zero-order chi connectivity index (χ0) is 19.1. The Kier molecular flexibility index (Phi) is 5.83. The molecule has 3 rings (SSSR count). The van der Waals surface area contributed by atoms with Crippen molar-refractivity contribution in [3.05, 3.63) is 65.9 Å². The van der Waals surface area contributed by atoms with Crippen molar-refractivity contribution in [1.82, 2.24) is 25.5 Å². The van der Waals surface area contributed by atoms with Crippen molar-refractivity contribution in [2.24, 2.45) is 0 Å². The lowest BCUT2D eigenvalue weighted by Gasteiger charge is -2.08. The Morgan fingerprint density at radius 2 is 1.85 bits per heavy atom. The highest BCUT2D eigenvalue weighted by molar-refractivity contribution is 5.94. The first kappa shape index (κ1) is 18.2. The largest absolute Gasteiger partial charge is 0.367 e. The molecule has 0 bridgehead atoms. The molecule has 0 radical (unpaired) electrons. The second-order valence-electron chi connectivity index (χ2n) is 5.69. The highest BCUT2D eigenvalue weighted by Gasteiger charge is 2.10. The molecule has 0 aliphatic rings. The van der Waals surface area contributed by atoms with Gasteiger partial charge in [0.1, 0.15) is 11.6 Å². The number of carbonyl (C=O) groups is 1. The van der Waals surface area contributed by atoms with E-state index < -0.39 is 11.7 Å². The minimum Gasteiger partial charge on any atom is -0.367 e. The smallest absolute Gasteiger partial charge is 0.254 e. The summed E-state index contributed by atoms with van der Waals surface area (Å²) in [6, 6.07) is 8.67. The van der Waals surface area contributed by atoms with Gasteiger partial charge in [0.25, 0.3) is 5.91 Å². The van der Waals surface area contributed by atoms with Gasteiger partial charge in [0.2, 0.25) is 0 Å². The molecular weight excluding hydrogens is 349 g/mol. The molecule has 9 heteroatoms. The number of nitrogens with zero attached hydrogens (tertiary/aromatic N) is 4. The molecule has 3 heterocycles. The zero-order valence-electron chi connectivity index (χ0n) is 14.6. The first-order valence-corrected chi connectivity index (χ1v) is 8.27. The SMILES string of the molecule is Cc1ccnc(Nc2ccc(NCCNC(=O)c3ccncc3F)nn2)c1. The highest BCUT2D eigenvalue weighted by atomic mass is 19.1. The third-order valence-electron chi connectivity index (χ3n) is 3.57. The Morgan fingerprint density at radius 3 is 2.59 bits per heavy atom. The van der Waals surface area contributed by atoms with E-state index in [1.165, 1.54) is 12.3 Å². The van der Waals surface area contributed by atoms with Crippen LogP contribution in [0.3, 0.4) is 0 Å². The highest BCUT2D eigenvalue weighted by Crippen LogP contribution is 2.13. The summed E-state index contributed by atoms with van der Waals surface area (Å²) in [7, 11) is 0. The standard InChI is InChI=1S/C18H18FN7O/c1-12-4-7-21-17(10-12)24-16-3-2-15(25-26-16)22-8-9-23-18(27)13-5-6-20-11-14(13)19/h2-7,10-11H,8-9H2,1H3,(H,22,25)(H,23,27)(H,21,24,26). The molecule has 0 atom stereocenters. The van der Waals surface area contributed by atoms with E-state index in [0.29, 0.717) is 30.5 Å². The van der Waals surface area contributed by atoms with Gasteiger partial charge in [0.15, 0.2) is 11.6 Å². The van der Waals surface area contributed by atoms with Crippen molar-refractivity contribution in [3.8, 4) is 0 Å². The monoisotopic (exact) mass is 367 g/mol. The van der Waals surface area contributed by atoms with Crippen molar-refractivity contribution in [3.63, 3.8) is 0 Å². The Balaban J connectivity index is 1.45. The van der Waals surface area contributed by atoms with E-state index in [4.69, 9.17) is 0 Å². The van der Waals surface area contributed by atoms with Gasteiger partial charge in [-0.25, -0.2) is 9.37 Å². The van der Waals surface area contributed by atoms with E-state index in [2.05, 4.69) is 36.1 Å². The predicted octanol–water partition coefficient (Wildman–Crippen LogP) is 2.30. The van der Waals surface area contributed by atoms with E-state index in [-0.39, 0.29) is 5.56 Å². The Morgan fingerprint density at radius 1 is 1.04 bits per heavy atom. The maximum Gasteiger partial charge on any atom is 0.254 e. The van der Waals surface area contributed by atoms with Crippen LogP contribution in [0.1, 0.15) is 15.9 Å². The van der Waals surface area contributed by atoms with Crippen molar-refractivity contribution >= 4 is 23.4 Å². The molecular formula is C18H18FN7O. The molecule has 0 spiro atoms. The molecule has 0 aliphatic heterocycles. The van der Waals surface area contributed by atoms with E-state index >= 15 is 0 Å². The average Bonchev–Trinajstić information content (AvgIpc) is 2.67. The number of aromatic nitrogens is 4. The summed E-state index contributed by atoms with van der Waals surface area (Å²) in [4.78, 5) is 19.7. The first-order valence-electron chi connectivity index (χ1n) is 8.27. The summed E-state index contributed by atoms with van der Waals surface area (Å²) in [5.41, 5.74) is 1.05. The van der Waals surface area contributed by atoms with Crippen molar-refractivity contribution < 1.29 is 9.18 Å². The number of rotatable bonds is 7. The molecule has 0 saturated heterocycles. The summed E-state index contributed by atoms with van der Waals surface area (Å²) in [6.45, 7) is 2.70. The van der Waals surface area contributed by atoms with Gasteiger partial charge in [-0.1, -0.05) is 0 Å². The molecule has 27 heavy (non-hydrogen) atoms. The van der Waals surface area contributed by atoms with Crippen LogP contribution in [0.4, 0.5) is 21.8 Å². The first-order chi connectivity index (χ1) is 13.1. The van der Waals surface area contributed by atoms with Crippen LogP contribution in [-0.2, 0) is 0 Å². The van der Waals surface area contributed by atoms with Crippen molar-refractivity contribution in [1.29, 1.82) is 0 Å². The summed E-state index contributed by atoms with van der Waals surface area (Å²) in [5.74, 6) is 0.672. The van der Waals surface area contributed by atoms with Crippen LogP contribution >= 0.6 is 0 Å². The van der Waals surface area contributed by atoms with Crippen LogP contribution < -0.4 is 16.0 Å². The fraction of sp³-hybridized carbons (Fsp3) is 0.167. The summed E-state index contributed by atoms with van der Waals surface area (Å²) < 4.78 is 13.5. The van der Waals surface area contributed by atoms with Crippen LogP contribution in [0.5, 0.6) is 0 Å². The van der Waals surface area contributed by atoms with Crippen LogP contribution in [0.25, 0.3) is 0 Å². The number of aryl methyl sites for hydroxylation is 1. The Labute approximate surface area is 155 Å². The van der Waals surface area contributed by atoms with Crippen LogP contribution in [0.15, 0.2) is 48.9 Å². The fourth-order valence-electron chi connectivity index (χ4n) is 2.25. The summed E-state index contributed by atoms with van der Waals surface area (Å²) in [5, 5.41) is 16.8. The van der Waals surface area contributed by atoms with Gasteiger partial charge in [-0.05, 0) is 42.8 Å². The number of halogens is 1. The fourth-order valence-corrected chi connectivity index (χ4v) is 2.25. The third kappa shape index (κ3) is 5.18. The van der Waals surface area contributed by atoms with E-state index in [1.807, 2.05) is 19.1 Å². The van der Waals surface area contributed by atoms with Crippen molar-refractivity contribution in [2.45, 2.75) is 6.92 Å². The number of nitrogens with one attached hydrogen (secondary N) is 3. The minimum absolute atomic E-state index is 0.0371. The second-order valence-corrected chi connectivity index (χ2v) is 5.69. The summed E-state index contributed by atoms with van der Waals surface area (Å²) in [6.07, 6.45) is 4.09. The lowest BCUT2D eigenvalue weighted by molar-refractivity contribution is 0.0951. The second kappa shape index (κ2) is 8.65. The number of anilines is 3. The molecule has 1 amide bonds. The molecule has 0 fully saturated rings.